The second kappa shape index (κ2) is 10.1. The number of fused-ring (bicyclic) bond motifs is 4. The molecule has 2 spiro atoms. The molecule has 8 rings (SSSR count). The summed E-state index contributed by atoms with van der Waals surface area (Å²) in [5.41, 5.74) is 0.427. The van der Waals surface area contributed by atoms with Crippen molar-refractivity contribution in [3.05, 3.63) is 0 Å². The normalized spacial score (nSPS) is 54.9. The highest BCUT2D eigenvalue weighted by Gasteiger charge is 2.84. The first-order valence-electron chi connectivity index (χ1n) is 18.7. The summed E-state index contributed by atoms with van der Waals surface area (Å²) in [6, 6.07) is 0.528. The van der Waals surface area contributed by atoms with E-state index in [1.807, 2.05) is 0 Å². The summed E-state index contributed by atoms with van der Waals surface area (Å²) in [7, 11) is 0. The summed E-state index contributed by atoms with van der Waals surface area (Å²) in [6.07, 6.45) is 8.14. The number of hydrogen-bond acceptors (Lipinski definition) is 7. The molecular formula is C38H63NO6. The Hall–Kier alpha value is -0.280. The third-order valence-electron chi connectivity index (χ3n) is 16.5. The fourth-order valence-electron chi connectivity index (χ4n) is 14.0. The number of ether oxygens (including phenoxy) is 4. The maximum atomic E-state index is 12.5. The molecule has 3 heterocycles. The van der Waals surface area contributed by atoms with Crippen molar-refractivity contribution in [3.63, 3.8) is 0 Å². The Kier molecular flexibility index (Phi) is 7.20. The highest BCUT2D eigenvalue weighted by molar-refractivity contribution is 5.33. The van der Waals surface area contributed by atoms with Crippen LogP contribution >= 0.6 is 0 Å². The minimum Gasteiger partial charge on any atom is -0.390 e. The van der Waals surface area contributed by atoms with Crippen LogP contribution in [0.15, 0.2) is 0 Å². The number of aliphatic hydroxyl groups is 2. The Balaban J connectivity index is 1.03. The summed E-state index contributed by atoms with van der Waals surface area (Å²) >= 11 is 0. The molecule has 256 valence electrons. The minimum atomic E-state index is -0.529. The van der Waals surface area contributed by atoms with E-state index in [-0.39, 0.29) is 46.3 Å². The molecule has 5 aliphatic carbocycles. The fourth-order valence-corrected chi connectivity index (χ4v) is 14.0. The van der Waals surface area contributed by atoms with Crippen LogP contribution < -0.4 is 0 Å². The van der Waals surface area contributed by atoms with Gasteiger partial charge in [-0.2, -0.15) is 0 Å². The van der Waals surface area contributed by atoms with Crippen molar-refractivity contribution in [2.75, 3.05) is 32.9 Å². The van der Waals surface area contributed by atoms with Gasteiger partial charge in [-0.25, -0.2) is 0 Å². The second-order valence-electron chi connectivity index (χ2n) is 19.5. The van der Waals surface area contributed by atoms with Crippen LogP contribution in [0, 0.1) is 56.2 Å². The molecule has 8 fully saturated rings. The zero-order valence-corrected chi connectivity index (χ0v) is 29.5. The van der Waals surface area contributed by atoms with Crippen molar-refractivity contribution in [3.8, 4) is 0 Å². The zero-order chi connectivity index (χ0) is 31.9. The highest BCUT2D eigenvalue weighted by Crippen LogP contribution is 2.89. The maximum Gasteiger partial charge on any atom is 0.170 e. The molecule has 45 heavy (non-hydrogen) atoms. The summed E-state index contributed by atoms with van der Waals surface area (Å²) in [4.78, 5) is 2.51. The lowest BCUT2D eigenvalue weighted by Crippen LogP contribution is -2.60. The average molecular weight is 630 g/mol. The van der Waals surface area contributed by atoms with Crippen LogP contribution in [0.4, 0.5) is 0 Å². The smallest absolute Gasteiger partial charge is 0.170 e. The van der Waals surface area contributed by atoms with Gasteiger partial charge in [0.25, 0.3) is 0 Å². The quantitative estimate of drug-likeness (QED) is 0.416. The molecule has 14 atom stereocenters. The molecule has 3 saturated heterocycles. The third-order valence-corrected chi connectivity index (χ3v) is 16.5. The van der Waals surface area contributed by atoms with Gasteiger partial charge in [0.05, 0.1) is 62.9 Å². The zero-order valence-electron chi connectivity index (χ0n) is 29.5. The monoisotopic (exact) mass is 629 g/mol. The van der Waals surface area contributed by atoms with E-state index in [0.29, 0.717) is 40.5 Å². The van der Waals surface area contributed by atoms with Crippen molar-refractivity contribution in [2.45, 2.75) is 150 Å². The van der Waals surface area contributed by atoms with Crippen molar-refractivity contribution in [1.29, 1.82) is 0 Å². The van der Waals surface area contributed by atoms with Gasteiger partial charge in [0.1, 0.15) is 0 Å². The molecule has 0 aromatic carbocycles. The van der Waals surface area contributed by atoms with E-state index in [9.17, 15) is 10.2 Å². The van der Waals surface area contributed by atoms with Crippen LogP contribution in [-0.2, 0) is 18.9 Å². The molecular weight excluding hydrogens is 566 g/mol. The second-order valence-corrected chi connectivity index (χ2v) is 19.5. The van der Waals surface area contributed by atoms with Gasteiger partial charge in [-0.05, 0) is 102 Å². The van der Waals surface area contributed by atoms with Crippen molar-refractivity contribution in [1.82, 2.24) is 4.90 Å². The van der Waals surface area contributed by atoms with E-state index < -0.39 is 12.2 Å². The van der Waals surface area contributed by atoms with Crippen LogP contribution in [0.25, 0.3) is 0 Å². The number of rotatable bonds is 4. The van der Waals surface area contributed by atoms with E-state index in [1.165, 1.54) is 38.5 Å². The maximum absolute atomic E-state index is 12.5. The lowest BCUT2D eigenvalue weighted by molar-refractivity contribution is -0.256. The highest BCUT2D eigenvalue weighted by atomic mass is 16.7. The van der Waals surface area contributed by atoms with Gasteiger partial charge in [0.15, 0.2) is 6.29 Å². The van der Waals surface area contributed by atoms with E-state index >= 15 is 0 Å². The molecule has 3 aliphatic heterocycles. The first kappa shape index (κ1) is 32.0. The largest absolute Gasteiger partial charge is 0.390 e. The average Bonchev–Trinajstić information content (AvgIpc) is 3.57. The number of morpholine rings is 1. The molecule has 0 aromatic heterocycles. The Labute approximate surface area is 272 Å². The Bertz CT molecular complexity index is 1170. The molecule has 4 unspecified atom stereocenters. The van der Waals surface area contributed by atoms with Gasteiger partial charge >= 0.3 is 0 Å². The molecule has 8 aliphatic rings. The van der Waals surface area contributed by atoms with Gasteiger partial charge in [0, 0.05) is 12.0 Å². The van der Waals surface area contributed by atoms with Gasteiger partial charge in [0.2, 0.25) is 0 Å². The Morgan fingerprint density at radius 3 is 2.36 bits per heavy atom. The topological polar surface area (TPSA) is 80.6 Å². The summed E-state index contributed by atoms with van der Waals surface area (Å²) in [5, 5.41) is 23.8. The number of nitrogens with zero attached hydrogens (tertiary/aromatic N) is 1. The molecule has 5 saturated carbocycles. The minimum absolute atomic E-state index is 0.0478. The SMILES string of the molecule is C[C@@H]1CC(C(O)C(C)(C)C)OC2[C@H]1[C@@]1(C)CC[C@@]34C[C@@]35CC[C@H](O[C@H]3CN(C6COC6)CCO3)C(C)(C)[C@@H]5CCC4[C@]1(C)[C@H]2O. The summed E-state index contributed by atoms with van der Waals surface area (Å²) < 4.78 is 25.4. The first-order chi connectivity index (χ1) is 21.1. The van der Waals surface area contributed by atoms with Gasteiger partial charge in [-0.3, -0.25) is 4.90 Å². The van der Waals surface area contributed by atoms with Crippen LogP contribution in [0.5, 0.6) is 0 Å². The lowest BCUT2D eigenvalue weighted by atomic mass is 9.41. The molecule has 2 N–H and O–H groups in total. The van der Waals surface area contributed by atoms with E-state index in [2.05, 4.69) is 60.3 Å². The van der Waals surface area contributed by atoms with Crippen molar-refractivity contribution in [2.24, 2.45) is 56.2 Å². The van der Waals surface area contributed by atoms with E-state index in [0.717, 1.165) is 45.8 Å². The first-order valence-corrected chi connectivity index (χ1v) is 18.7. The Morgan fingerprint density at radius 2 is 1.67 bits per heavy atom. The summed E-state index contributed by atoms with van der Waals surface area (Å²) in [5.74, 6) is 1.94. The van der Waals surface area contributed by atoms with Gasteiger partial charge < -0.3 is 29.2 Å². The van der Waals surface area contributed by atoms with Gasteiger partial charge in [-0.15, -0.1) is 0 Å². The van der Waals surface area contributed by atoms with Crippen molar-refractivity contribution >= 4 is 0 Å². The molecule has 0 aromatic rings. The predicted molar refractivity (Wildman–Crippen MR) is 172 cm³/mol. The third kappa shape index (κ3) is 4.13. The molecule has 0 amide bonds. The predicted octanol–water partition coefficient (Wildman–Crippen LogP) is 5.65. The number of hydrogen-bond donors (Lipinski definition) is 2. The van der Waals surface area contributed by atoms with Crippen LogP contribution in [-0.4, -0.2) is 90.9 Å². The van der Waals surface area contributed by atoms with Crippen LogP contribution in [0.2, 0.25) is 0 Å². The van der Waals surface area contributed by atoms with Crippen LogP contribution in [0.3, 0.4) is 0 Å². The Morgan fingerprint density at radius 1 is 0.956 bits per heavy atom. The molecule has 0 bridgehead atoms. The van der Waals surface area contributed by atoms with E-state index in [1.54, 1.807) is 0 Å². The molecule has 0 radical (unpaired) electrons. The standard InChI is InChI=1S/C38H63NO6/c1-22-17-24(31(40)33(2,3)4)44-30-29(22)35(7)13-14-38-21-37(38)12-11-27(45-28-18-39(15-16-43-28)23-19-42-20-23)34(5,6)25(37)9-10-26(38)36(35,8)32(30)41/h22-32,40-41H,9-21H2,1-8H3/t22-,24?,25+,26?,27+,28+,29+,30?,31?,32+,35-,36-,37-,38+/m1/s1. The molecule has 7 heteroatoms. The molecule has 7 nitrogen and oxygen atoms in total. The fraction of sp³-hybridized carbons (Fsp3) is 1.00. The van der Waals surface area contributed by atoms with Crippen LogP contribution in [0.1, 0.15) is 107 Å². The lowest BCUT2D eigenvalue weighted by Gasteiger charge is -2.64. The number of aliphatic hydroxyl groups excluding tert-OH is 2. The van der Waals surface area contributed by atoms with E-state index in [4.69, 9.17) is 18.9 Å². The van der Waals surface area contributed by atoms with Gasteiger partial charge in [-0.1, -0.05) is 55.4 Å². The van der Waals surface area contributed by atoms with Crippen molar-refractivity contribution < 1.29 is 29.2 Å². The summed E-state index contributed by atoms with van der Waals surface area (Å²) in [6.45, 7) is 22.9.